The molecule has 0 radical (unpaired) electrons. The van der Waals surface area contributed by atoms with E-state index in [1.54, 1.807) is 0 Å². The molecule has 0 aliphatic carbocycles. The quantitative estimate of drug-likeness (QED) is 0.454. The fourth-order valence-electron chi connectivity index (χ4n) is 3.38. The van der Waals surface area contributed by atoms with Gasteiger partial charge in [0.15, 0.2) is 0 Å². The molecule has 5 nitrogen and oxygen atoms in total. The highest BCUT2D eigenvalue weighted by Crippen LogP contribution is 2.24. The summed E-state index contributed by atoms with van der Waals surface area (Å²) in [4.78, 5) is 20.4. The van der Waals surface area contributed by atoms with Crippen LogP contribution in [0.1, 0.15) is 23.6 Å². The van der Waals surface area contributed by atoms with Crippen LogP contribution in [0.15, 0.2) is 60.7 Å². The Labute approximate surface area is 176 Å². The molecule has 2 N–H and O–H groups in total. The first-order valence-electron chi connectivity index (χ1n) is 10.1. The van der Waals surface area contributed by atoms with Crippen molar-refractivity contribution in [1.82, 2.24) is 9.97 Å². The molecule has 0 fully saturated rings. The summed E-state index contributed by atoms with van der Waals surface area (Å²) >= 11 is 0. The largest absolute Gasteiger partial charge is 0.494 e. The number of benzene rings is 3. The summed E-state index contributed by atoms with van der Waals surface area (Å²) in [5.41, 5.74) is 7.14. The lowest BCUT2D eigenvalue weighted by Crippen LogP contribution is -2.14. The minimum Gasteiger partial charge on any atom is -0.494 e. The molecular weight excluding hydrogens is 374 g/mol. The van der Waals surface area contributed by atoms with Crippen LogP contribution in [0.3, 0.4) is 0 Å². The van der Waals surface area contributed by atoms with Crippen molar-refractivity contribution < 1.29 is 9.53 Å². The van der Waals surface area contributed by atoms with Crippen LogP contribution in [-0.4, -0.2) is 22.5 Å². The van der Waals surface area contributed by atoms with E-state index in [9.17, 15) is 4.79 Å². The van der Waals surface area contributed by atoms with Crippen molar-refractivity contribution in [1.29, 1.82) is 0 Å². The number of aromatic amines is 1. The minimum absolute atomic E-state index is 0.0541. The average Bonchev–Trinajstić information content (AvgIpc) is 3.13. The Morgan fingerprint density at radius 2 is 1.70 bits per heavy atom. The standard InChI is InChI=1S/C25H25N3O2/c1-4-30-21-11-5-18(6-12-21)15-24(29)26-20-9-7-19(8-10-20)25-27-22-13-16(2)17(3)14-23(22)28-25/h5-14H,4,15H2,1-3H3,(H,26,29)(H,27,28). The number of anilines is 1. The maximum atomic E-state index is 12.4. The summed E-state index contributed by atoms with van der Waals surface area (Å²) in [5.74, 6) is 1.58. The number of fused-ring (bicyclic) bond motifs is 1. The second kappa shape index (κ2) is 8.41. The van der Waals surface area contributed by atoms with Crippen LogP contribution in [0.5, 0.6) is 5.75 Å². The molecule has 3 aromatic carbocycles. The molecule has 0 saturated carbocycles. The molecule has 1 heterocycles. The monoisotopic (exact) mass is 399 g/mol. The zero-order valence-electron chi connectivity index (χ0n) is 17.5. The summed E-state index contributed by atoms with van der Waals surface area (Å²) < 4.78 is 5.43. The van der Waals surface area contributed by atoms with Crippen molar-refractivity contribution in [2.75, 3.05) is 11.9 Å². The molecular formula is C25H25N3O2. The second-order valence-corrected chi connectivity index (χ2v) is 7.42. The zero-order valence-corrected chi connectivity index (χ0v) is 17.5. The summed E-state index contributed by atoms with van der Waals surface area (Å²) in [6.07, 6.45) is 0.316. The van der Waals surface area contributed by atoms with Gasteiger partial charge in [0, 0.05) is 11.3 Å². The number of carbonyl (C=O) groups excluding carboxylic acids is 1. The summed E-state index contributed by atoms with van der Waals surface area (Å²) in [6, 6.07) is 19.5. The lowest BCUT2D eigenvalue weighted by Gasteiger charge is -2.07. The van der Waals surface area contributed by atoms with Gasteiger partial charge < -0.3 is 15.0 Å². The average molecular weight is 399 g/mol. The van der Waals surface area contributed by atoms with Crippen molar-refractivity contribution in [2.24, 2.45) is 0 Å². The highest BCUT2D eigenvalue weighted by Gasteiger charge is 2.08. The summed E-state index contributed by atoms with van der Waals surface area (Å²) in [7, 11) is 0. The minimum atomic E-state index is -0.0541. The molecule has 0 unspecified atom stereocenters. The number of rotatable bonds is 6. The SMILES string of the molecule is CCOc1ccc(CC(=O)Nc2ccc(-c3nc4cc(C)c(C)cc4[nH]3)cc2)cc1. The second-order valence-electron chi connectivity index (χ2n) is 7.42. The number of imidazole rings is 1. The number of H-pyrrole nitrogens is 1. The number of hydrogen-bond donors (Lipinski definition) is 2. The van der Waals surface area contributed by atoms with E-state index in [-0.39, 0.29) is 5.91 Å². The van der Waals surface area contributed by atoms with E-state index in [1.807, 2.05) is 55.5 Å². The Balaban J connectivity index is 1.42. The number of aryl methyl sites for hydroxylation is 2. The Morgan fingerprint density at radius 1 is 1.00 bits per heavy atom. The number of amides is 1. The molecule has 30 heavy (non-hydrogen) atoms. The molecule has 4 rings (SSSR count). The van der Waals surface area contributed by atoms with E-state index in [4.69, 9.17) is 9.72 Å². The third-order valence-electron chi connectivity index (χ3n) is 5.14. The van der Waals surface area contributed by atoms with Crippen LogP contribution in [-0.2, 0) is 11.2 Å². The predicted molar refractivity (Wildman–Crippen MR) is 121 cm³/mol. The number of nitrogens with one attached hydrogen (secondary N) is 2. The molecule has 0 aliphatic rings. The van der Waals surface area contributed by atoms with Gasteiger partial charge in [0.2, 0.25) is 5.91 Å². The topological polar surface area (TPSA) is 67.0 Å². The highest BCUT2D eigenvalue weighted by molar-refractivity contribution is 5.92. The van der Waals surface area contributed by atoms with Gasteiger partial charge in [0.05, 0.1) is 24.1 Å². The lowest BCUT2D eigenvalue weighted by molar-refractivity contribution is -0.115. The van der Waals surface area contributed by atoms with Gasteiger partial charge in [0.25, 0.3) is 0 Å². The molecule has 0 bridgehead atoms. The van der Waals surface area contributed by atoms with Crippen molar-refractivity contribution >= 4 is 22.6 Å². The van der Waals surface area contributed by atoms with Gasteiger partial charge in [-0.1, -0.05) is 12.1 Å². The van der Waals surface area contributed by atoms with Crippen LogP contribution in [0, 0.1) is 13.8 Å². The fourth-order valence-corrected chi connectivity index (χ4v) is 3.38. The van der Waals surface area contributed by atoms with E-state index >= 15 is 0 Å². The maximum absolute atomic E-state index is 12.4. The van der Waals surface area contributed by atoms with Crippen molar-refractivity contribution in [2.45, 2.75) is 27.2 Å². The van der Waals surface area contributed by atoms with E-state index in [0.717, 1.165) is 39.4 Å². The van der Waals surface area contributed by atoms with Gasteiger partial charge in [0.1, 0.15) is 11.6 Å². The Bertz CT molecular complexity index is 1140. The molecule has 1 aromatic heterocycles. The molecule has 1 amide bonds. The predicted octanol–water partition coefficient (Wildman–Crippen LogP) is 5.43. The van der Waals surface area contributed by atoms with Crippen LogP contribution >= 0.6 is 0 Å². The normalized spacial score (nSPS) is 10.9. The van der Waals surface area contributed by atoms with E-state index < -0.39 is 0 Å². The first-order valence-corrected chi connectivity index (χ1v) is 10.1. The Morgan fingerprint density at radius 3 is 2.40 bits per heavy atom. The number of ether oxygens (including phenoxy) is 1. The van der Waals surface area contributed by atoms with Crippen molar-refractivity contribution in [3.05, 3.63) is 77.4 Å². The molecule has 0 aliphatic heterocycles. The van der Waals surface area contributed by atoms with Crippen LogP contribution in [0.4, 0.5) is 5.69 Å². The number of aromatic nitrogens is 2. The third kappa shape index (κ3) is 4.35. The zero-order chi connectivity index (χ0) is 21.1. The van der Waals surface area contributed by atoms with Gasteiger partial charge in [-0.05, 0) is 86.0 Å². The first kappa shape index (κ1) is 19.7. The van der Waals surface area contributed by atoms with Gasteiger partial charge >= 0.3 is 0 Å². The number of hydrogen-bond acceptors (Lipinski definition) is 3. The Hall–Kier alpha value is -3.60. The van der Waals surface area contributed by atoms with Gasteiger partial charge in [-0.15, -0.1) is 0 Å². The number of nitrogens with zero attached hydrogens (tertiary/aromatic N) is 1. The van der Waals surface area contributed by atoms with Crippen molar-refractivity contribution in [3.63, 3.8) is 0 Å². The van der Waals surface area contributed by atoms with Gasteiger partial charge in [-0.25, -0.2) is 4.98 Å². The fraction of sp³-hybridized carbons (Fsp3) is 0.200. The van der Waals surface area contributed by atoms with E-state index in [1.165, 1.54) is 11.1 Å². The van der Waals surface area contributed by atoms with Crippen LogP contribution in [0.25, 0.3) is 22.4 Å². The van der Waals surface area contributed by atoms with Crippen LogP contribution < -0.4 is 10.1 Å². The lowest BCUT2D eigenvalue weighted by atomic mass is 10.1. The molecule has 0 atom stereocenters. The molecule has 5 heteroatoms. The third-order valence-corrected chi connectivity index (χ3v) is 5.14. The number of carbonyl (C=O) groups is 1. The maximum Gasteiger partial charge on any atom is 0.228 e. The molecule has 152 valence electrons. The summed E-state index contributed by atoms with van der Waals surface area (Å²) in [5, 5.41) is 2.95. The van der Waals surface area contributed by atoms with Crippen molar-refractivity contribution in [3.8, 4) is 17.1 Å². The van der Waals surface area contributed by atoms with Crippen LogP contribution in [0.2, 0.25) is 0 Å². The summed E-state index contributed by atoms with van der Waals surface area (Å²) in [6.45, 7) is 6.76. The first-order chi connectivity index (χ1) is 14.5. The van der Waals surface area contributed by atoms with Gasteiger partial charge in [-0.2, -0.15) is 0 Å². The smallest absolute Gasteiger partial charge is 0.228 e. The molecule has 0 saturated heterocycles. The van der Waals surface area contributed by atoms with Gasteiger partial charge in [-0.3, -0.25) is 4.79 Å². The Kier molecular flexibility index (Phi) is 5.53. The van der Waals surface area contributed by atoms with E-state index in [0.29, 0.717) is 13.0 Å². The van der Waals surface area contributed by atoms with E-state index in [2.05, 4.69) is 36.3 Å². The molecule has 0 spiro atoms. The highest BCUT2D eigenvalue weighted by atomic mass is 16.5. The molecule has 4 aromatic rings.